The number of nitrogens with two attached hydrogens (primary N) is 1. The molecular formula is C19H31N5. The van der Waals surface area contributed by atoms with Crippen molar-refractivity contribution < 1.29 is 0 Å². The lowest BCUT2D eigenvalue weighted by molar-refractivity contribution is 0.214. The number of hydrogen-bond donors (Lipinski definition) is 3. The van der Waals surface area contributed by atoms with E-state index in [2.05, 4.69) is 45.4 Å². The van der Waals surface area contributed by atoms with Crippen LogP contribution in [0.4, 0.5) is 5.69 Å². The van der Waals surface area contributed by atoms with Crippen LogP contribution in [0.25, 0.3) is 0 Å². The molecule has 132 valence electrons. The molecule has 1 aliphatic carbocycles. The van der Waals surface area contributed by atoms with Gasteiger partial charge in [-0.05, 0) is 56.7 Å². The third-order valence-electron chi connectivity index (χ3n) is 5.55. The van der Waals surface area contributed by atoms with Gasteiger partial charge in [0.15, 0.2) is 5.96 Å². The van der Waals surface area contributed by atoms with Crippen LogP contribution in [0.2, 0.25) is 0 Å². The average Bonchev–Trinajstić information content (AvgIpc) is 2.62. The van der Waals surface area contributed by atoms with Gasteiger partial charge in [0, 0.05) is 37.9 Å². The van der Waals surface area contributed by atoms with E-state index in [1.807, 2.05) is 0 Å². The first kappa shape index (κ1) is 17.1. The van der Waals surface area contributed by atoms with E-state index < -0.39 is 0 Å². The van der Waals surface area contributed by atoms with Gasteiger partial charge in [-0.2, -0.15) is 0 Å². The molecule has 1 aromatic rings. The first-order valence-corrected chi connectivity index (χ1v) is 9.33. The largest absolute Gasteiger partial charge is 0.370 e. The van der Waals surface area contributed by atoms with Crippen LogP contribution in [0.15, 0.2) is 30.3 Å². The molecule has 0 unspecified atom stereocenters. The molecule has 1 saturated carbocycles. The van der Waals surface area contributed by atoms with Crippen molar-refractivity contribution in [3.8, 4) is 0 Å². The van der Waals surface area contributed by atoms with Crippen molar-refractivity contribution in [1.29, 1.82) is 5.41 Å². The lowest BCUT2D eigenvalue weighted by atomic mass is 9.84. The zero-order valence-corrected chi connectivity index (χ0v) is 14.6. The molecule has 5 nitrogen and oxygen atoms in total. The zero-order valence-electron chi connectivity index (χ0n) is 14.6. The van der Waals surface area contributed by atoms with Gasteiger partial charge in [-0.25, -0.2) is 0 Å². The Bertz CT molecular complexity index is 502. The summed E-state index contributed by atoms with van der Waals surface area (Å²) in [5.41, 5.74) is 6.78. The van der Waals surface area contributed by atoms with Gasteiger partial charge in [0.25, 0.3) is 0 Å². The molecule has 1 saturated heterocycles. The van der Waals surface area contributed by atoms with Gasteiger partial charge in [0.2, 0.25) is 0 Å². The van der Waals surface area contributed by atoms with Crippen LogP contribution in [-0.4, -0.2) is 49.6 Å². The topological polar surface area (TPSA) is 68.4 Å². The van der Waals surface area contributed by atoms with Gasteiger partial charge < -0.3 is 16.0 Å². The highest BCUT2D eigenvalue weighted by Crippen LogP contribution is 2.27. The molecular weight excluding hydrogens is 298 g/mol. The lowest BCUT2D eigenvalue weighted by Crippen LogP contribution is -2.47. The summed E-state index contributed by atoms with van der Waals surface area (Å²) in [4.78, 5) is 5.12. The fourth-order valence-electron chi connectivity index (χ4n) is 4.05. The molecule has 2 fully saturated rings. The van der Waals surface area contributed by atoms with Crippen molar-refractivity contribution in [1.82, 2.24) is 10.2 Å². The summed E-state index contributed by atoms with van der Waals surface area (Å²) in [6.07, 6.45) is 6.18. The fourth-order valence-corrected chi connectivity index (χ4v) is 4.05. The minimum absolute atomic E-state index is 0.120. The number of hydrogen-bond acceptors (Lipinski definition) is 3. The van der Waals surface area contributed by atoms with E-state index in [0.29, 0.717) is 6.04 Å². The van der Waals surface area contributed by atoms with Crippen molar-refractivity contribution in [2.45, 2.75) is 38.1 Å². The predicted octanol–water partition coefficient (Wildman–Crippen LogP) is 2.24. The Morgan fingerprint density at radius 2 is 1.71 bits per heavy atom. The van der Waals surface area contributed by atoms with Gasteiger partial charge in [-0.1, -0.05) is 18.2 Å². The minimum atomic E-state index is 0.120. The average molecular weight is 329 g/mol. The Balaban J connectivity index is 1.33. The molecule has 0 radical (unpaired) electrons. The second-order valence-corrected chi connectivity index (χ2v) is 7.23. The third-order valence-corrected chi connectivity index (χ3v) is 5.55. The fraction of sp³-hybridized carbons (Fsp3) is 0.632. The third kappa shape index (κ3) is 4.87. The maximum absolute atomic E-state index is 7.33. The molecule has 1 heterocycles. The smallest absolute Gasteiger partial charge is 0.185 e. The van der Waals surface area contributed by atoms with Crippen LogP contribution in [0.1, 0.15) is 32.1 Å². The molecule has 1 aliphatic heterocycles. The van der Waals surface area contributed by atoms with Crippen LogP contribution in [0, 0.1) is 11.3 Å². The molecule has 4 N–H and O–H groups in total. The first-order valence-electron chi connectivity index (χ1n) is 9.33. The molecule has 1 aromatic carbocycles. The SMILES string of the molecule is N=C(N)NC1CCC(CCN2CCN(c3ccccc3)CC2)CC1. The number of piperazine rings is 1. The van der Waals surface area contributed by atoms with Crippen molar-refractivity contribution in [3.05, 3.63) is 30.3 Å². The highest BCUT2D eigenvalue weighted by atomic mass is 15.3. The Kier molecular flexibility index (Phi) is 5.96. The van der Waals surface area contributed by atoms with E-state index in [0.717, 1.165) is 31.8 Å². The van der Waals surface area contributed by atoms with Gasteiger partial charge in [-0.15, -0.1) is 0 Å². The lowest BCUT2D eigenvalue weighted by Gasteiger charge is -2.37. The highest BCUT2D eigenvalue weighted by Gasteiger charge is 2.23. The second-order valence-electron chi connectivity index (χ2n) is 7.23. The van der Waals surface area contributed by atoms with E-state index >= 15 is 0 Å². The van der Waals surface area contributed by atoms with E-state index in [1.165, 1.54) is 44.6 Å². The zero-order chi connectivity index (χ0) is 16.8. The summed E-state index contributed by atoms with van der Waals surface area (Å²) in [7, 11) is 0. The number of nitrogens with one attached hydrogen (secondary N) is 2. The van der Waals surface area contributed by atoms with E-state index in [9.17, 15) is 0 Å². The molecule has 3 rings (SSSR count). The molecule has 0 spiro atoms. The Morgan fingerprint density at radius 3 is 2.33 bits per heavy atom. The summed E-state index contributed by atoms with van der Waals surface area (Å²) in [5, 5.41) is 10.4. The molecule has 0 amide bonds. The highest BCUT2D eigenvalue weighted by molar-refractivity contribution is 5.74. The standard InChI is InChI=1S/C19H31N5/c20-19(21)22-17-8-6-16(7-9-17)10-11-23-12-14-24(15-13-23)18-4-2-1-3-5-18/h1-5,16-17H,6-15H2,(H4,20,21,22). The summed E-state index contributed by atoms with van der Waals surface area (Å²) in [6, 6.07) is 11.2. The van der Waals surface area contributed by atoms with E-state index in [1.54, 1.807) is 0 Å². The molecule has 2 aliphatic rings. The predicted molar refractivity (Wildman–Crippen MR) is 101 cm³/mol. The number of rotatable bonds is 5. The van der Waals surface area contributed by atoms with Crippen molar-refractivity contribution in [2.75, 3.05) is 37.6 Å². The van der Waals surface area contributed by atoms with Crippen LogP contribution >= 0.6 is 0 Å². The molecule has 0 aromatic heterocycles. The van der Waals surface area contributed by atoms with Crippen molar-refractivity contribution in [2.24, 2.45) is 11.7 Å². The van der Waals surface area contributed by atoms with Crippen LogP contribution in [0.5, 0.6) is 0 Å². The van der Waals surface area contributed by atoms with E-state index in [4.69, 9.17) is 11.1 Å². The monoisotopic (exact) mass is 329 g/mol. The van der Waals surface area contributed by atoms with Crippen molar-refractivity contribution >= 4 is 11.6 Å². The second kappa shape index (κ2) is 8.38. The van der Waals surface area contributed by atoms with Gasteiger partial charge >= 0.3 is 0 Å². The first-order chi connectivity index (χ1) is 11.7. The normalized spacial score (nSPS) is 25.4. The maximum atomic E-state index is 7.33. The number of guanidine groups is 1. The molecule has 5 heteroatoms. The summed E-state index contributed by atoms with van der Waals surface area (Å²) in [5.74, 6) is 0.969. The van der Waals surface area contributed by atoms with E-state index in [-0.39, 0.29) is 5.96 Å². The number of anilines is 1. The maximum Gasteiger partial charge on any atom is 0.185 e. The van der Waals surface area contributed by atoms with Crippen LogP contribution in [0.3, 0.4) is 0 Å². The number of para-hydroxylation sites is 1. The molecule has 0 bridgehead atoms. The Hall–Kier alpha value is -1.75. The quantitative estimate of drug-likeness (QED) is 0.572. The van der Waals surface area contributed by atoms with Gasteiger partial charge in [0.05, 0.1) is 0 Å². The number of benzene rings is 1. The summed E-state index contributed by atoms with van der Waals surface area (Å²) < 4.78 is 0. The number of nitrogens with zero attached hydrogens (tertiary/aromatic N) is 2. The molecule has 24 heavy (non-hydrogen) atoms. The van der Waals surface area contributed by atoms with Gasteiger partial charge in [0.1, 0.15) is 0 Å². The Labute approximate surface area is 145 Å². The van der Waals surface area contributed by atoms with Crippen LogP contribution < -0.4 is 16.0 Å². The Morgan fingerprint density at radius 1 is 1.04 bits per heavy atom. The van der Waals surface area contributed by atoms with Crippen LogP contribution in [-0.2, 0) is 0 Å². The van der Waals surface area contributed by atoms with Gasteiger partial charge in [-0.3, -0.25) is 10.3 Å². The summed E-state index contributed by atoms with van der Waals surface area (Å²) in [6.45, 7) is 5.86. The minimum Gasteiger partial charge on any atom is -0.370 e. The molecule has 0 atom stereocenters. The summed E-state index contributed by atoms with van der Waals surface area (Å²) >= 11 is 0. The van der Waals surface area contributed by atoms with Crippen molar-refractivity contribution in [3.63, 3.8) is 0 Å².